The first-order chi connectivity index (χ1) is 9.33. The molecule has 0 amide bonds. The molecule has 0 aliphatic heterocycles. The number of aliphatic hydroxyl groups is 1. The van der Waals surface area contributed by atoms with E-state index < -0.39 is 33.2 Å². The monoisotopic (exact) mass is 323 g/mol. The van der Waals surface area contributed by atoms with Gasteiger partial charge in [0.05, 0.1) is 6.61 Å². The number of nitrogens with one attached hydrogen (secondary N) is 1. The zero-order valence-electron chi connectivity index (χ0n) is 9.73. The Hall–Kier alpha value is -1.58. The van der Waals surface area contributed by atoms with E-state index >= 15 is 0 Å². The van der Waals surface area contributed by atoms with E-state index in [1.165, 1.54) is 12.1 Å². The summed E-state index contributed by atoms with van der Waals surface area (Å²) in [5.41, 5.74) is -0.953. The number of aliphatic hydroxyl groups excluding tert-OH is 1. The number of anilines is 1. The van der Waals surface area contributed by atoms with Crippen molar-refractivity contribution in [3.8, 4) is 0 Å². The van der Waals surface area contributed by atoms with Gasteiger partial charge in [0.25, 0.3) is 10.0 Å². The molecule has 1 aromatic carbocycles. The summed E-state index contributed by atoms with van der Waals surface area (Å²) < 4.78 is 64.8. The summed E-state index contributed by atoms with van der Waals surface area (Å²) in [6.07, 6.45) is 0. The van der Waals surface area contributed by atoms with E-state index in [2.05, 4.69) is 0 Å². The van der Waals surface area contributed by atoms with E-state index in [0.717, 1.165) is 11.3 Å². The van der Waals surface area contributed by atoms with Crippen LogP contribution in [-0.2, 0) is 16.6 Å². The van der Waals surface area contributed by atoms with E-state index in [9.17, 15) is 21.6 Å². The van der Waals surface area contributed by atoms with Gasteiger partial charge in [-0.25, -0.2) is 21.6 Å². The normalized spacial score (nSPS) is 11.6. The first-order valence-electron chi connectivity index (χ1n) is 5.20. The third kappa shape index (κ3) is 2.94. The topological polar surface area (TPSA) is 66.4 Å². The van der Waals surface area contributed by atoms with Crippen LogP contribution < -0.4 is 4.72 Å². The summed E-state index contributed by atoms with van der Waals surface area (Å²) in [6.45, 7) is -0.348. The second kappa shape index (κ2) is 5.43. The van der Waals surface area contributed by atoms with E-state index in [4.69, 9.17) is 5.11 Å². The van der Waals surface area contributed by atoms with E-state index in [0.29, 0.717) is 17.0 Å². The molecule has 0 saturated carbocycles. The van der Waals surface area contributed by atoms with Gasteiger partial charge < -0.3 is 5.11 Å². The Morgan fingerprint density at radius 1 is 1.15 bits per heavy atom. The van der Waals surface area contributed by atoms with Gasteiger partial charge in [0.1, 0.15) is 15.7 Å². The van der Waals surface area contributed by atoms with Crippen molar-refractivity contribution in [2.75, 3.05) is 4.72 Å². The van der Waals surface area contributed by atoms with Crippen molar-refractivity contribution in [3.05, 3.63) is 46.6 Å². The lowest BCUT2D eigenvalue weighted by Crippen LogP contribution is -2.14. The maximum atomic E-state index is 13.4. The van der Waals surface area contributed by atoms with E-state index in [1.54, 1.807) is 4.72 Å². The summed E-state index contributed by atoms with van der Waals surface area (Å²) in [5.74, 6) is -3.86. The largest absolute Gasteiger partial charge is 0.391 e. The van der Waals surface area contributed by atoms with E-state index in [-0.39, 0.29) is 10.8 Å². The molecule has 0 saturated heterocycles. The highest BCUT2D eigenvalue weighted by molar-refractivity contribution is 7.94. The van der Waals surface area contributed by atoms with Gasteiger partial charge >= 0.3 is 0 Å². The summed E-state index contributed by atoms with van der Waals surface area (Å²) in [4.78, 5) is 0.380. The van der Waals surface area contributed by atoms with Gasteiger partial charge in [-0.05, 0) is 12.1 Å². The molecule has 0 radical (unpaired) electrons. The van der Waals surface area contributed by atoms with Crippen molar-refractivity contribution in [1.29, 1.82) is 0 Å². The van der Waals surface area contributed by atoms with Crippen molar-refractivity contribution >= 4 is 27.0 Å². The predicted molar refractivity (Wildman–Crippen MR) is 67.4 cm³/mol. The van der Waals surface area contributed by atoms with Gasteiger partial charge in [0.2, 0.25) is 0 Å². The molecule has 2 rings (SSSR count). The lowest BCUT2D eigenvalue weighted by molar-refractivity contribution is 0.285. The second-order valence-corrected chi connectivity index (χ2v) is 6.81. The number of benzene rings is 1. The Labute approximate surface area is 116 Å². The van der Waals surface area contributed by atoms with Crippen LogP contribution in [0, 0.1) is 17.5 Å². The minimum Gasteiger partial charge on any atom is -0.391 e. The van der Waals surface area contributed by atoms with Crippen LogP contribution in [0.5, 0.6) is 0 Å². The highest BCUT2D eigenvalue weighted by Gasteiger charge is 2.21. The molecule has 20 heavy (non-hydrogen) atoms. The van der Waals surface area contributed by atoms with Crippen LogP contribution in [0.2, 0.25) is 0 Å². The average Bonchev–Trinajstić information content (AvgIpc) is 2.83. The van der Waals surface area contributed by atoms with Crippen molar-refractivity contribution in [2.24, 2.45) is 0 Å². The number of sulfonamides is 1. The van der Waals surface area contributed by atoms with Gasteiger partial charge in [-0.2, -0.15) is 0 Å². The fraction of sp³-hybridized carbons (Fsp3) is 0.0909. The molecule has 0 unspecified atom stereocenters. The number of hydrogen-bond acceptors (Lipinski definition) is 4. The summed E-state index contributed by atoms with van der Waals surface area (Å²) >= 11 is 0.754. The highest BCUT2D eigenvalue weighted by atomic mass is 32.2. The first kappa shape index (κ1) is 14.8. The molecular formula is C11H8F3NO3S2. The summed E-state index contributed by atoms with van der Waals surface area (Å²) in [7, 11) is -4.21. The molecule has 0 bridgehead atoms. The lowest BCUT2D eigenvalue weighted by Gasteiger charge is -2.08. The quantitative estimate of drug-likeness (QED) is 0.908. The molecule has 0 atom stereocenters. The standard InChI is InChI=1S/C11H8F3NO3S2/c12-6-3-8(13)11(9(14)4-6)15-20(17,18)10-2-1-7(5-16)19-10/h1-4,15-16H,5H2. The Morgan fingerprint density at radius 3 is 2.25 bits per heavy atom. The molecule has 2 N–H and O–H groups in total. The molecule has 108 valence electrons. The average molecular weight is 323 g/mol. The van der Waals surface area contributed by atoms with Crippen LogP contribution in [0.25, 0.3) is 0 Å². The van der Waals surface area contributed by atoms with Crippen LogP contribution in [0.15, 0.2) is 28.5 Å². The fourth-order valence-corrected chi connectivity index (χ4v) is 3.70. The van der Waals surface area contributed by atoms with E-state index in [1.807, 2.05) is 0 Å². The van der Waals surface area contributed by atoms with Gasteiger partial charge in [0, 0.05) is 17.0 Å². The summed E-state index contributed by atoms with van der Waals surface area (Å²) in [6, 6.07) is 3.30. The fourth-order valence-electron chi connectivity index (χ4n) is 1.41. The number of rotatable bonds is 4. The van der Waals surface area contributed by atoms with Crippen molar-refractivity contribution in [2.45, 2.75) is 10.8 Å². The zero-order valence-corrected chi connectivity index (χ0v) is 11.4. The molecule has 1 aromatic heterocycles. The van der Waals surface area contributed by atoms with Crippen molar-refractivity contribution in [3.63, 3.8) is 0 Å². The molecule has 4 nitrogen and oxygen atoms in total. The molecule has 0 fully saturated rings. The smallest absolute Gasteiger partial charge is 0.271 e. The maximum Gasteiger partial charge on any atom is 0.271 e. The number of halogens is 3. The third-order valence-electron chi connectivity index (χ3n) is 2.30. The SMILES string of the molecule is O=S(=O)(Nc1c(F)cc(F)cc1F)c1ccc(CO)s1. The van der Waals surface area contributed by atoms with Gasteiger partial charge in [-0.1, -0.05) is 0 Å². The predicted octanol–water partition coefficient (Wildman–Crippen LogP) is 2.46. The molecule has 0 spiro atoms. The van der Waals surface area contributed by atoms with Gasteiger partial charge in [0.15, 0.2) is 11.6 Å². The summed E-state index contributed by atoms with van der Waals surface area (Å²) in [5, 5.41) is 8.86. The van der Waals surface area contributed by atoms with Crippen LogP contribution in [0.1, 0.15) is 4.88 Å². The van der Waals surface area contributed by atoms with Crippen LogP contribution in [0.3, 0.4) is 0 Å². The molecule has 9 heteroatoms. The highest BCUT2D eigenvalue weighted by Crippen LogP contribution is 2.27. The lowest BCUT2D eigenvalue weighted by atomic mass is 10.3. The zero-order chi connectivity index (χ0) is 14.9. The first-order valence-corrected chi connectivity index (χ1v) is 7.50. The van der Waals surface area contributed by atoms with Gasteiger partial charge in [-0.3, -0.25) is 4.72 Å². The molecular weight excluding hydrogens is 315 g/mol. The van der Waals surface area contributed by atoms with Crippen molar-refractivity contribution < 1.29 is 26.7 Å². The van der Waals surface area contributed by atoms with Gasteiger partial charge in [-0.15, -0.1) is 11.3 Å². The molecule has 0 aliphatic carbocycles. The Kier molecular flexibility index (Phi) is 4.02. The van der Waals surface area contributed by atoms with Crippen LogP contribution >= 0.6 is 11.3 Å². The van der Waals surface area contributed by atoms with Crippen LogP contribution in [-0.4, -0.2) is 13.5 Å². The third-order valence-corrected chi connectivity index (χ3v) is 5.21. The number of hydrogen-bond donors (Lipinski definition) is 2. The Balaban J connectivity index is 2.38. The Morgan fingerprint density at radius 2 is 1.75 bits per heavy atom. The van der Waals surface area contributed by atoms with Crippen molar-refractivity contribution in [1.82, 2.24) is 0 Å². The molecule has 2 aromatic rings. The molecule has 1 heterocycles. The number of thiophene rings is 1. The molecule has 0 aliphatic rings. The van der Waals surface area contributed by atoms with Crippen LogP contribution in [0.4, 0.5) is 18.9 Å². The second-order valence-electron chi connectivity index (χ2n) is 3.73. The maximum absolute atomic E-state index is 13.4. The Bertz CT molecular complexity index is 720. The minimum absolute atomic E-state index is 0.218. The minimum atomic E-state index is -4.21.